The molecule has 2 heterocycles. The van der Waals surface area contributed by atoms with Gasteiger partial charge in [-0.25, -0.2) is 13.8 Å². The summed E-state index contributed by atoms with van der Waals surface area (Å²) in [4.78, 5) is 28.5. The van der Waals surface area contributed by atoms with Crippen molar-refractivity contribution in [3.05, 3.63) is 101 Å². The average Bonchev–Trinajstić information content (AvgIpc) is 2.89. The smallest absolute Gasteiger partial charge is 0.311 e. The molecule has 1 aliphatic heterocycles. The van der Waals surface area contributed by atoms with Gasteiger partial charge in [0.2, 0.25) is 0 Å². The van der Waals surface area contributed by atoms with Gasteiger partial charge in [0.25, 0.3) is 5.91 Å². The van der Waals surface area contributed by atoms with Gasteiger partial charge in [-0.05, 0) is 61.0 Å². The molecule has 4 aromatic rings. The van der Waals surface area contributed by atoms with E-state index in [4.69, 9.17) is 21.1 Å². The minimum Gasteiger partial charge on any atom is -0.493 e. The number of carbonyl (C=O) groups excluding carboxylic acids is 1. The highest BCUT2D eigenvalue weighted by atomic mass is 35.5. The van der Waals surface area contributed by atoms with Crippen LogP contribution in [0.15, 0.2) is 72.8 Å². The highest BCUT2D eigenvalue weighted by Crippen LogP contribution is 2.41. The van der Waals surface area contributed by atoms with Gasteiger partial charge in [-0.3, -0.25) is 9.59 Å². The Labute approximate surface area is 220 Å². The molecule has 38 heavy (non-hydrogen) atoms. The number of aliphatic carboxylic acids is 1. The van der Waals surface area contributed by atoms with E-state index in [1.807, 2.05) is 0 Å². The lowest BCUT2D eigenvalue weighted by molar-refractivity contribution is -0.139. The number of carboxylic acid groups (broad SMARTS) is 1. The summed E-state index contributed by atoms with van der Waals surface area (Å²) in [5.41, 5.74) is 1.15. The van der Waals surface area contributed by atoms with E-state index in [0.717, 1.165) is 12.1 Å². The molecule has 5 rings (SSSR count). The lowest BCUT2D eigenvalue weighted by Crippen LogP contribution is -2.20. The van der Waals surface area contributed by atoms with E-state index < -0.39 is 29.4 Å². The number of anilines is 1. The molecule has 0 saturated carbocycles. The van der Waals surface area contributed by atoms with Crippen LogP contribution in [-0.4, -0.2) is 28.6 Å². The van der Waals surface area contributed by atoms with Crippen molar-refractivity contribution in [2.45, 2.75) is 12.3 Å². The maximum absolute atomic E-state index is 14.1. The first-order valence-electron chi connectivity index (χ1n) is 11.5. The second-order valence-corrected chi connectivity index (χ2v) is 8.87. The van der Waals surface area contributed by atoms with Crippen LogP contribution in [0.2, 0.25) is 5.02 Å². The molecule has 1 aliphatic rings. The number of pyridine rings is 1. The summed E-state index contributed by atoms with van der Waals surface area (Å²) < 4.78 is 38.8. The van der Waals surface area contributed by atoms with Crippen molar-refractivity contribution >= 4 is 29.3 Å². The van der Waals surface area contributed by atoms with Crippen LogP contribution in [0.1, 0.15) is 28.3 Å². The van der Waals surface area contributed by atoms with Crippen LogP contribution in [0, 0.1) is 11.6 Å². The molecule has 0 bridgehead atoms. The van der Waals surface area contributed by atoms with Gasteiger partial charge in [-0.2, -0.15) is 0 Å². The van der Waals surface area contributed by atoms with Gasteiger partial charge in [0.1, 0.15) is 34.7 Å². The Kier molecular flexibility index (Phi) is 6.93. The van der Waals surface area contributed by atoms with Gasteiger partial charge in [0, 0.05) is 28.8 Å². The predicted octanol–water partition coefficient (Wildman–Crippen LogP) is 6.68. The second kappa shape index (κ2) is 10.5. The SMILES string of the molecule is O=C(Nc1cccc(-c2ccc(F)cc2F)n1)c1ccc(Oc2cc3c(cc2Cl)C(C(=O)O)CCO3)cc1. The van der Waals surface area contributed by atoms with Crippen LogP contribution in [0.4, 0.5) is 14.6 Å². The zero-order valence-corrected chi connectivity index (χ0v) is 20.3. The fourth-order valence-corrected chi connectivity index (χ4v) is 4.28. The Bertz CT molecular complexity index is 1550. The number of aromatic nitrogens is 1. The third-order valence-electron chi connectivity index (χ3n) is 5.94. The van der Waals surface area contributed by atoms with Crippen molar-refractivity contribution in [3.63, 3.8) is 0 Å². The molecule has 192 valence electrons. The summed E-state index contributed by atoms with van der Waals surface area (Å²) >= 11 is 6.34. The minimum atomic E-state index is -0.947. The van der Waals surface area contributed by atoms with E-state index in [1.165, 1.54) is 24.3 Å². The highest BCUT2D eigenvalue weighted by molar-refractivity contribution is 6.32. The van der Waals surface area contributed by atoms with Gasteiger partial charge < -0.3 is 19.9 Å². The fraction of sp³-hybridized carbons (Fsp3) is 0.107. The molecule has 3 aromatic carbocycles. The van der Waals surface area contributed by atoms with Gasteiger partial charge >= 0.3 is 5.97 Å². The maximum atomic E-state index is 14.1. The topological polar surface area (TPSA) is 97.8 Å². The summed E-state index contributed by atoms with van der Waals surface area (Å²) in [6, 6.07) is 17.2. The molecule has 1 unspecified atom stereocenters. The monoisotopic (exact) mass is 536 g/mol. The van der Waals surface area contributed by atoms with E-state index in [2.05, 4.69) is 10.3 Å². The molecule has 1 amide bonds. The number of halogens is 3. The van der Waals surface area contributed by atoms with E-state index in [1.54, 1.807) is 36.4 Å². The molecule has 1 aromatic heterocycles. The van der Waals surface area contributed by atoms with Crippen molar-refractivity contribution in [1.29, 1.82) is 0 Å². The van der Waals surface area contributed by atoms with Crippen LogP contribution in [-0.2, 0) is 4.79 Å². The third kappa shape index (κ3) is 5.28. The first-order valence-corrected chi connectivity index (χ1v) is 11.9. The fourth-order valence-electron chi connectivity index (χ4n) is 4.07. The first kappa shape index (κ1) is 25.2. The van der Waals surface area contributed by atoms with Crippen molar-refractivity contribution in [2.75, 3.05) is 11.9 Å². The van der Waals surface area contributed by atoms with Crippen molar-refractivity contribution in [1.82, 2.24) is 4.98 Å². The van der Waals surface area contributed by atoms with Gasteiger partial charge in [0.05, 0.1) is 23.2 Å². The zero-order chi connectivity index (χ0) is 26.8. The summed E-state index contributed by atoms with van der Waals surface area (Å²) in [5, 5.41) is 12.3. The maximum Gasteiger partial charge on any atom is 0.311 e. The number of ether oxygens (including phenoxy) is 2. The Morgan fingerprint density at radius 3 is 2.58 bits per heavy atom. The summed E-state index contributed by atoms with van der Waals surface area (Å²) in [6.45, 7) is 0.269. The van der Waals surface area contributed by atoms with Crippen LogP contribution in [0.5, 0.6) is 17.2 Å². The number of fused-ring (bicyclic) bond motifs is 1. The standard InChI is InChI=1S/C28H19ClF2N2O5/c29-21-13-20-18(28(35)36)10-11-37-24(20)14-25(21)38-17-7-4-15(5-8-17)27(34)33-26-3-1-2-23(32-26)19-9-6-16(30)12-22(19)31/h1-9,12-14,18H,10-11H2,(H,35,36)(H,32,33,34). The van der Waals surface area contributed by atoms with Crippen LogP contribution < -0.4 is 14.8 Å². The number of hydrogen-bond acceptors (Lipinski definition) is 5. The number of hydrogen-bond donors (Lipinski definition) is 2. The molecular weight excluding hydrogens is 518 g/mol. The lowest BCUT2D eigenvalue weighted by Gasteiger charge is -2.24. The van der Waals surface area contributed by atoms with Crippen LogP contribution in [0.3, 0.4) is 0 Å². The van der Waals surface area contributed by atoms with Crippen LogP contribution >= 0.6 is 11.6 Å². The van der Waals surface area contributed by atoms with E-state index in [-0.39, 0.29) is 34.5 Å². The summed E-state index contributed by atoms with van der Waals surface area (Å²) in [6.07, 6.45) is 0.353. The van der Waals surface area contributed by atoms with Crippen LogP contribution in [0.25, 0.3) is 11.3 Å². The second-order valence-electron chi connectivity index (χ2n) is 8.46. The number of benzene rings is 3. The van der Waals surface area contributed by atoms with Crippen molar-refractivity contribution in [2.24, 2.45) is 0 Å². The largest absolute Gasteiger partial charge is 0.493 e. The number of carboxylic acids is 1. The zero-order valence-electron chi connectivity index (χ0n) is 19.6. The molecular formula is C28H19ClF2N2O5. The molecule has 10 heteroatoms. The van der Waals surface area contributed by atoms with Crippen molar-refractivity contribution in [3.8, 4) is 28.5 Å². The Morgan fingerprint density at radius 2 is 1.84 bits per heavy atom. The van der Waals surface area contributed by atoms with Crippen molar-refractivity contribution < 1.29 is 33.0 Å². The van der Waals surface area contributed by atoms with E-state index in [0.29, 0.717) is 29.0 Å². The number of nitrogens with zero attached hydrogens (tertiary/aromatic N) is 1. The molecule has 1 atom stereocenters. The Balaban J connectivity index is 1.29. The molecule has 0 radical (unpaired) electrons. The summed E-state index contributed by atoms with van der Waals surface area (Å²) in [7, 11) is 0. The number of rotatable bonds is 6. The molecule has 2 N–H and O–H groups in total. The Morgan fingerprint density at radius 1 is 1.05 bits per heavy atom. The Hall–Kier alpha value is -4.50. The first-order chi connectivity index (χ1) is 18.3. The average molecular weight is 537 g/mol. The van der Waals surface area contributed by atoms with Gasteiger partial charge in [0.15, 0.2) is 0 Å². The number of carbonyl (C=O) groups is 2. The third-order valence-corrected chi connectivity index (χ3v) is 6.24. The quantitative estimate of drug-likeness (QED) is 0.285. The highest BCUT2D eigenvalue weighted by Gasteiger charge is 2.29. The minimum absolute atomic E-state index is 0.105. The van der Waals surface area contributed by atoms with Gasteiger partial charge in [-0.15, -0.1) is 0 Å². The predicted molar refractivity (Wildman–Crippen MR) is 136 cm³/mol. The molecule has 0 spiro atoms. The van der Waals surface area contributed by atoms with Gasteiger partial charge in [-0.1, -0.05) is 17.7 Å². The molecule has 0 fully saturated rings. The molecule has 0 aliphatic carbocycles. The lowest BCUT2D eigenvalue weighted by atomic mass is 9.93. The molecule has 7 nitrogen and oxygen atoms in total. The van der Waals surface area contributed by atoms with E-state index >= 15 is 0 Å². The number of nitrogens with one attached hydrogen (secondary N) is 1. The molecule has 0 saturated heterocycles. The summed E-state index contributed by atoms with van der Waals surface area (Å²) in [5.74, 6) is -2.30. The normalized spacial score (nSPS) is 14.2. The number of amides is 1. The van der Waals surface area contributed by atoms with E-state index in [9.17, 15) is 23.5 Å².